The first kappa shape index (κ1) is 25.8. The minimum atomic E-state index is -0.675. The van der Waals surface area contributed by atoms with Crippen LogP contribution in [0.3, 0.4) is 0 Å². The third-order valence-corrected chi connectivity index (χ3v) is 5.80. The van der Waals surface area contributed by atoms with Gasteiger partial charge in [-0.05, 0) is 57.0 Å². The summed E-state index contributed by atoms with van der Waals surface area (Å²) in [4.78, 5) is 26.1. The van der Waals surface area contributed by atoms with Gasteiger partial charge in [0.1, 0.15) is 23.3 Å². The molecule has 0 spiro atoms. The van der Waals surface area contributed by atoms with E-state index in [0.29, 0.717) is 28.5 Å². The molecule has 7 nitrogen and oxygen atoms in total. The summed E-state index contributed by atoms with van der Waals surface area (Å²) in [7, 11) is 0. The van der Waals surface area contributed by atoms with E-state index in [-0.39, 0.29) is 35.1 Å². The first-order valence-corrected chi connectivity index (χ1v) is 11.2. The molecule has 1 N–H and O–H groups in total. The molecule has 0 saturated heterocycles. The third kappa shape index (κ3) is 6.29. The van der Waals surface area contributed by atoms with Gasteiger partial charge in [-0.3, -0.25) is 4.79 Å². The molecule has 0 radical (unpaired) electrons. The first-order valence-electron chi connectivity index (χ1n) is 10.00. The number of rotatable bonds is 9. The number of terminal acetylenes is 1. The molecular formula is C24H23ClN2O5S. The number of amides is 1. The van der Waals surface area contributed by atoms with Crippen molar-refractivity contribution < 1.29 is 23.8 Å². The Labute approximate surface area is 201 Å². The average molecular weight is 487 g/mol. The molecule has 1 aromatic carbocycles. The van der Waals surface area contributed by atoms with Crippen LogP contribution in [0.15, 0.2) is 17.7 Å². The van der Waals surface area contributed by atoms with Crippen LogP contribution in [-0.2, 0) is 9.53 Å². The van der Waals surface area contributed by atoms with E-state index in [9.17, 15) is 14.9 Å². The molecule has 172 valence electrons. The highest BCUT2D eigenvalue weighted by molar-refractivity contribution is 7.16. The summed E-state index contributed by atoms with van der Waals surface area (Å²) in [5, 5.41) is 12.8. The number of nitrogens with zero attached hydrogens (tertiary/aromatic N) is 1. The molecule has 0 bridgehead atoms. The number of carbonyl (C=O) groups excluding carboxylic acids is 2. The zero-order chi connectivity index (χ0) is 24.5. The van der Waals surface area contributed by atoms with Crippen molar-refractivity contribution in [2.75, 3.05) is 25.1 Å². The van der Waals surface area contributed by atoms with E-state index in [0.717, 1.165) is 4.88 Å². The van der Waals surface area contributed by atoms with Crippen molar-refractivity contribution in [3.8, 4) is 29.9 Å². The van der Waals surface area contributed by atoms with Gasteiger partial charge in [0, 0.05) is 4.88 Å². The van der Waals surface area contributed by atoms with Crippen LogP contribution in [-0.4, -0.2) is 31.7 Å². The Morgan fingerprint density at radius 3 is 2.58 bits per heavy atom. The Morgan fingerprint density at radius 1 is 1.24 bits per heavy atom. The van der Waals surface area contributed by atoms with E-state index in [1.54, 1.807) is 26.8 Å². The van der Waals surface area contributed by atoms with Gasteiger partial charge < -0.3 is 19.5 Å². The van der Waals surface area contributed by atoms with Gasteiger partial charge in [-0.2, -0.15) is 5.26 Å². The molecule has 0 aliphatic heterocycles. The van der Waals surface area contributed by atoms with Crippen LogP contribution in [0.2, 0.25) is 5.02 Å². The highest BCUT2D eigenvalue weighted by Gasteiger charge is 2.23. The van der Waals surface area contributed by atoms with Crippen LogP contribution in [0.4, 0.5) is 5.00 Å². The minimum Gasteiger partial charge on any atom is -0.490 e. The van der Waals surface area contributed by atoms with Crippen molar-refractivity contribution in [1.29, 1.82) is 5.26 Å². The monoisotopic (exact) mass is 486 g/mol. The lowest BCUT2D eigenvalue weighted by molar-refractivity contribution is -0.112. The Bertz CT molecular complexity index is 1170. The lowest BCUT2D eigenvalue weighted by atomic mass is 10.1. The number of nitriles is 1. The maximum absolute atomic E-state index is 12.8. The fraction of sp³-hybridized carbons (Fsp3) is 0.292. The third-order valence-electron chi connectivity index (χ3n) is 4.40. The van der Waals surface area contributed by atoms with E-state index in [1.165, 1.54) is 23.5 Å². The smallest absolute Gasteiger partial charge is 0.341 e. The molecular weight excluding hydrogens is 464 g/mol. The molecule has 1 aromatic heterocycles. The number of hydrogen-bond donors (Lipinski definition) is 1. The highest BCUT2D eigenvalue weighted by Crippen LogP contribution is 2.37. The van der Waals surface area contributed by atoms with Crippen LogP contribution < -0.4 is 14.8 Å². The van der Waals surface area contributed by atoms with Crippen LogP contribution >= 0.6 is 22.9 Å². The topological polar surface area (TPSA) is 97.7 Å². The SMILES string of the molecule is C#CCOc1c(Cl)cc(/C=C(\C#N)C(=O)Nc2sc(C)c(C)c2C(=O)OCC)cc1OCC. The number of aryl methyl sites for hydroxylation is 1. The van der Waals surface area contributed by atoms with Crippen molar-refractivity contribution in [2.24, 2.45) is 0 Å². The fourth-order valence-corrected chi connectivity index (χ4v) is 4.16. The Hall–Kier alpha value is -3.46. The van der Waals surface area contributed by atoms with Gasteiger partial charge in [0.2, 0.25) is 0 Å². The van der Waals surface area contributed by atoms with Crippen LogP contribution in [0.1, 0.15) is 40.2 Å². The Balaban J connectivity index is 2.40. The molecule has 9 heteroatoms. The lowest BCUT2D eigenvalue weighted by Gasteiger charge is -2.13. The van der Waals surface area contributed by atoms with E-state index in [2.05, 4.69) is 11.2 Å². The number of carbonyl (C=O) groups is 2. The molecule has 2 rings (SSSR count). The second-order valence-corrected chi connectivity index (χ2v) is 8.22. The van der Waals surface area contributed by atoms with Crippen LogP contribution in [0.25, 0.3) is 6.08 Å². The molecule has 0 aliphatic rings. The maximum Gasteiger partial charge on any atom is 0.341 e. The van der Waals surface area contributed by atoms with Crippen molar-refractivity contribution in [1.82, 2.24) is 0 Å². The molecule has 33 heavy (non-hydrogen) atoms. The standard InChI is InChI=1S/C24H23ClN2O5S/c1-6-9-32-21-18(25)11-16(12-19(21)30-7-2)10-17(13-26)22(28)27-23-20(24(29)31-8-3)14(4)15(5)33-23/h1,10-12H,7-9H2,2-5H3,(H,27,28)/b17-10+. The van der Waals surface area contributed by atoms with Gasteiger partial charge in [0.15, 0.2) is 11.5 Å². The molecule has 0 unspecified atom stereocenters. The highest BCUT2D eigenvalue weighted by atomic mass is 35.5. The largest absolute Gasteiger partial charge is 0.490 e. The number of ether oxygens (including phenoxy) is 3. The number of thiophene rings is 1. The summed E-state index contributed by atoms with van der Waals surface area (Å²) in [5.41, 5.74) is 1.25. The Morgan fingerprint density at radius 2 is 1.97 bits per heavy atom. The summed E-state index contributed by atoms with van der Waals surface area (Å²) in [5.74, 6) is 1.76. The fourth-order valence-electron chi connectivity index (χ4n) is 2.84. The Kier molecular flexibility index (Phi) is 9.35. The molecule has 0 atom stereocenters. The van der Waals surface area contributed by atoms with Gasteiger partial charge in [0.05, 0.1) is 23.8 Å². The van der Waals surface area contributed by atoms with Crippen LogP contribution in [0, 0.1) is 37.5 Å². The molecule has 2 aromatic rings. The summed E-state index contributed by atoms with van der Waals surface area (Å²) < 4.78 is 16.1. The second-order valence-electron chi connectivity index (χ2n) is 6.59. The number of esters is 1. The van der Waals surface area contributed by atoms with Crippen molar-refractivity contribution in [3.05, 3.63) is 44.3 Å². The summed E-state index contributed by atoms with van der Waals surface area (Å²) in [6.45, 7) is 7.65. The molecule has 1 amide bonds. The molecule has 0 fully saturated rings. The van der Waals surface area contributed by atoms with Gasteiger partial charge >= 0.3 is 5.97 Å². The number of anilines is 1. The zero-order valence-corrected chi connectivity index (χ0v) is 20.3. The van der Waals surface area contributed by atoms with Crippen molar-refractivity contribution >= 4 is 45.9 Å². The predicted octanol–water partition coefficient (Wildman–Crippen LogP) is 5.15. The molecule has 0 saturated carbocycles. The van der Waals surface area contributed by atoms with Gasteiger partial charge in [-0.25, -0.2) is 4.79 Å². The van der Waals surface area contributed by atoms with Gasteiger partial charge in [-0.1, -0.05) is 17.5 Å². The molecule has 1 heterocycles. The van der Waals surface area contributed by atoms with E-state index in [4.69, 9.17) is 32.2 Å². The van der Waals surface area contributed by atoms with Crippen molar-refractivity contribution in [3.63, 3.8) is 0 Å². The minimum absolute atomic E-state index is 0.00325. The second kappa shape index (κ2) is 12.0. The average Bonchev–Trinajstić information content (AvgIpc) is 3.04. The number of halogens is 1. The molecule has 0 aliphatic carbocycles. The number of benzene rings is 1. The van der Waals surface area contributed by atoms with Gasteiger partial charge in [-0.15, -0.1) is 17.8 Å². The first-order chi connectivity index (χ1) is 15.8. The number of nitrogens with one attached hydrogen (secondary N) is 1. The predicted molar refractivity (Wildman–Crippen MR) is 129 cm³/mol. The summed E-state index contributed by atoms with van der Waals surface area (Å²) in [6.07, 6.45) is 6.61. The summed E-state index contributed by atoms with van der Waals surface area (Å²) in [6, 6.07) is 5.01. The zero-order valence-electron chi connectivity index (χ0n) is 18.7. The van der Waals surface area contributed by atoms with E-state index >= 15 is 0 Å². The van der Waals surface area contributed by atoms with Crippen LogP contribution in [0.5, 0.6) is 11.5 Å². The lowest BCUT2D eigenvalue weighted by Crippen LogP contribution is -2.16. The van der Waals surface area contributed by atoms with Gasteiger partial charge in [0.25, 0.3) is 5.91 Å². The van der Waals surface area contributed by atoms with E-state index < -0.39 is 11.9 Å². The quantitative estimate of drug-likeness (QED) is 0.228. The number of hydrogen-bond acceptors (Lipinski definition) is 7. The summed E-state index contributed by atoms with van der Waals surface area (Å²) >= 11 is 7.55. The maximum atomic E-state index is 12.8. The normalized spacial score (nSPS) is 10.7. The van der Waals surface area contributed by atoms with E-state index in [1.807, 2.05) is 13.0 Å². The van der Waals surface area contributed by atoms with Crippen molar-refractivity contribution in [2.45, 2.75) is 27.7 Å².